The van der Waals surface area contributed by atoms with E-state index >= 15 is 0 Å². The van der Waals surface area contributed by atoms with Crippen LogP contribution in [-0.4, -0.2) is 52.6 Å². The summed E-state index contributed by atoms with van der Waals surface area (Å²) in [4.78, 5) is 42.5. The Morgan fingerprint density at radius 3 is 2.40 bits per heavy atom. The van der Waals surface area contributed by atoms with Crippen LogP contribution in [-0.2, 0) is 35.6 Å². The molecule has 0 saturated heterocycles. The van der Waals surface area contributed by atoms with Gasteiger partial charge in [-0.05, 0) is 114 Å². The number of pyridine rings is 1. The van der Waals surface area contributed by atoms with Gasteiger partial charge < -0.3 is 34.9 Å². The average molecular weight is 888 g/mol. The van der Waals surface area contributed by atoms with Gasteiger partial charge >= 0.3 is 6.03 Å². The number of hydrogen-bond acceptors (Lipinski definition) is 7. The van der Waals surface area contributed by atoms with Crippen molar-refractivity contribution in [1.82, 2.24) is 20.5 Å². The first-order valence-electron chi connectivity index (χ1n) is 20.6. The van der Waals surface area contributed by atoms with Crippen LogP contribution in [0.5, 0.6) is 17.2 Å². The van der Waals surface area contributed by atoms with Crippen LogP contribution < -0.4 is 24.8 Å². The molecule has 2 aliphatic rings. The quantitative estimate of drug-likeness (QED) is 0.109. The van der Waals surface area contributed by atoms with E-state index in [9.17, 15) is 9.59 Å². The van der Waals surface area contributed by atoms with Gasteiger partial charge in [0.05, 0.1) is 6.04 Å². The van der Waals surface area contributed by atoms with Gasteiger partial charge in [-0.25, -0.2) is 4.79 Å². The first kappa shape index (κ1) is 44.5. The molecule has 2 unspecified atom stereocenters. The van der Waals surface area contributed by atoms with Gasteiger partial charge in [0.25, 0.3) is 6.47 Å². The van der Waals surface area contributed by atoms with Crippen molar-refractivity contribution in [2.75, 3.05) is 13.2 Å². The van der Waals surface area contributed by atoms with E-state index in [1.54, 1.807) is 17.0 Å². The van der Waals surface area contributed by atoms with Gasteiger partial charge in [0.1, 0.15) is 25.0 Å². The topological polar surface area (TPSA) is 139 Å². The average Bonchev–Trinajstić information content (AvgIpc) is 3.29. The van der Waals surface area contributed by atoms with E-state index in [-0.39, 0.29) is 37.1 Å². The van der Waals surface area contributed by atoms with Crippen molar-refractivity contribution in [1.29, 1.82) is 0 Å². The van der Waals surface area contributed by atoms with Gasteiger partial charge in [0, 0.05) is 47.0 Å². The van der Waals surface area contributed by atoms with Crippen LogP contribution in [0.25, 0.3) is 11.1 Å². The predicted molar refractivity (Wildman–Crippen MR) is 244 cm³/mol. The summed E-state index contributed by atoms with van der Waals surface area (Å²) in [6, 6.07) is 35.9. The molecule has 0 aliphatic carbocycles. The fourth-order valence-electron chi connectivity index (χ4n) is 7.69. The molecule has 324 valence electrons. The van der Waals surface area contributed by atoms with E-state index in [4.69, 9.17) is 47.3 Å². The van der Waals surface area contributed by atoms with Gasteiger partial charge in [0.2, 0.25) is 5.91 Å². The van der Waals surface area contributed by atoms with E-state index in [1.807, 2.05) is 98.9 Å². The summed E-state index contributed by atoms with van der Waals surface area (Å²) in [6.45, 7) is 7.06. The van der Waals surface area contributed by atoms with E-state index in [2.05, 4.69) is 46.8 Å². The lowest BCUT2D eigenvalue weighted by molar-refractivity contribution is -0.126. The second kappa shape index (κ2) is 20.5. The zero-order valence-electron chi connectivity index (χ0n) is 35.1. The molecule has 63 heavy (non-hydrogen) atoms. The largest absolute Gasteiger partial charge is 0.489 e. The second-order valence-electron chi connectivity index (χ2n) is 15.4. The molecule has 3 atom stereocenters. The Balaban J connectivity index is 0.00000193. The summed E-state index contributed by atoms with van der Waals surface area (Å²) in [5.74, 6) is 1.68. The number of carbonyl (C=O) groups is 3. The van der Waals surface area contributed by atoms with Gasteiger partial charge in [0.15, 0.2) is 17.6 Å². The molecule has 6 aromatic rings. The third-order valence-electron chi connectivity index (χ3n) is 11.4. The maximum atomic E-state index is 14.1. The summed E-state index contributed by atoms with van der Waals surface area (Å²) >= 11 is 12.4. The minimum Gasteiger partial charge on any atom is -0.489 e. The standard InChI is InChI=1S/C49H46Cl2N4O5.CH2O2/c1-30-31(2)52-22-20-42(30)35-11-9-33(10-12-35)19-21-53-48(56)44-23-38-24-45-46(25-39(38)27-55(44)49(57)54-32(3)34-7-5-4-6-8-34)60-47(29-59-45)36-14-17-41(18-15-36)58-28-37-13-16-40(50)26-43(37)51;2-1-3/h4-18,20,22,24-26,32,44,47H,19,21,23,27-29H2,1-3H3,(H,53,56)(H,54,57);1H,(H,2,3)/t32-,44?,47?;/m1./s1. The number of urea groups is 1. The van der Waals surface area contributed by atoms with Gasteiger partial charge in [-0.1, -0.05) is 96.0 Å². The van der Waals surface area contributed by atoms with Crippen LogP contribution in [0.2, 0.25) is 10.0 Å². The van der Waals surface area contributed by atoms with Crippen molar-refractivity contribution in [3.05, 3.63) is 176 Å². The predicted octanol–water partition coefficient (Wildman–Crippen LogP) is 10.0. The number of nitrogens with one attached hydrogen (secondary N) is 2. The Kier molecular flexibility index (Phi) is 14.5. The normalized spacial score (nSPS) is 15.5. The number of fused-ring (bicyclic) bond motifs is 2. The highest BCUT2D eigenvalue weighted by molar-refractivity contribution is 6.35. The molecule has 11 nitrogen and oxygen atoms in total. The Morgan fingerprint density at radius 2 is 1.67 bits per heavy atom. The number of hydrogen-bond donors (Lipinski definition) is 3. The molecule has 3 N–H and O–H groups in total. The number of amides is 3. The lowest BCUT2D eigenvalue weighted by atomic mass is 9.92. The first-order chi connectivity index (χ1) is 30.5. The summed E-state index contributed by atoms with van der Waals surface area (Å²) in [7, 11) is 0. The second-order valence-corrected chi connectivity index (χ2v) is 16.3. The number of carboxylic acid groups (broad SMARTS) is 1. The highest BCUT2D eigenvalue weighted by Crippen LogP contribution is 2.41. The van der Waals surface area contributed by atoms with Crippen molar-refractivity contribution in [3.63, 3.8) is 0 Å². The highest BCUT2D eigenvalue weighted by atomic mass is 35.5. The number of carbonyl (C=O) groups excluding carboxylic acids is 2. The smallest absolute Gasteiger partial charge is 0.318 e. The number of nitrogens with zero attached hydrogens (tertiary/aromatic N) is 2. The molecule has 8 rings (SSSR count). The molecule has 5 aromatic carbocycles. The van der Waals surface area contributed by atoms with Crippen molar-refractivity contribution in [3.8, 4) is 28.4 Å². The van der Waals surface area contributed by atoms with Crippen LogP contribution in [0.4, 0.5) is 4.79 Å². The lowest BCUT2D eigenvalue weighted by Gasteiger charge is -2.37. The molecule has 3 heterocycles. The van der Waals surface area contributed by atoms with E-state index in [1.165, 1.54) is 0 Å². The Bertz CT molecular complexity index is 2560. The number of benzene rings is 5. The van der Waals surface area contributed by atoms with E-state index < -0.39 is 6.04 Å². The van der Waals surface area contributed by atoms with Crippen molar-refractivity contribution in [2.45, 2.75) is 65.0 Å². The van der Waals surface area contributed by atoms with Crippen LogP contribution in [0, 0.1) is 13.8 Å². The fourth-order valence-corrected chi connectivity index (χ4v) is 8.15. The third-order valence-corrected chi connectivity index (χ3v) is 11.9. The summed E-state index contributed by atoms with van der Waals surface area (Å²) in [6.07, 6.45) is 2.46. The number of aromatic nitrogens is 1. The monoisotopic (exact) mass is 886 g/mol. The summed E-state index contributed by atoms with van der Waals surface area (Å²) in [5, 5.41) is 14.3. The number of rotatable bonds is 11. The molecule has 0 saturated carbocycles. The zero-order valence-corrected chi connectivity index (χ0v) is 36.7. The van der Waals surface area contributed by atoms with Gasteiger partial charge in [-0.3, -0.25) is 14.6 Å². The van der Waals surface area contributed by atoms with Crippen LogP contribution in [0.3, 0.4) is 0 Å². The Labute approximate surface area is 376 Å². The molecule has 2 aliphatic heterocycles. The van der Waals surface area contributed by atoms with E-state index in [0.29, 0.717) is 59.9 Å². The molecule has 1 aromatic heterocycles. The number of ether oxygens (including phenoxy) is 3. The molecule has 0 spiro atoms. The Morgan fingerprint density at radius 1 is 0.937 bits per heavy atom. The summed E-state index contributed by atoms with van der Waals surface area (Å²) < 4.78 is 18.8. The molecule has 13 heteroatoms. The van der Waals surface area contributed by atoms with Crippen molar-refractivity contribution < 1.29 is 33.7 Å². The molecular formula is C50H48Cl2N4O7. The maximum absolute atomic E-state index is 14.1. The maximum Gasteiger partial charge on any atom is 0.318 e. The Hall–Kier alpha value is -6.56. The van der Waals surface area contributed by atoms with Crippen molar-refractivity contribution in [2.24, 2.45) is 0 Å². The molecule has 0 radical (unpaired) electrons. The zero-order chi connectivity index (χ0) is 44.5. The number of aryl methyl sites for hydroxylation is 1. The third kappa shape index (κ3) is 10.9. The van der Waals surface area contributed by atoms with Crippen LogP contribution in [0.1, 0.15) is 63.7 Å². The van der Waals surface area contributed by atoms with Crippen molar-refractivity contribution >= 4 is 41.6 Å². The molecule has 0 fully saturated rings. The van der Waals surface area contributed by atoms with Crippen LogP contribution >= 0.6 is 23.2 Å². The lowest BCUT2D eigenvalue weighted by Crippen LogP contribution is -2.55. The molecule has 0 bridgehead atoms. The molecule has 3 amide bonds. The minimum atomic E-state index is -0.729. The van der Waals surface area contributed by atoms with Crippen LogP contribution in [0.15, 0.2) is 121 Å². The number of halogens is 2. The summed E-state index contributed by atoms with van der Waals surface area (Å²) in [5.41, 5.74) is 10.1. The highest BCUT2D eigenvalue weighted by Gasteiger charge is 2.37. The molecular weight excluding hydrogens is 839 g/mol. The van der Waals surface area contributed by atoms with Gasteiger partial charge in [-0.2, -0.15) is 0 Å². The SMILES string of the molecule is Cc1nccc(-c2ccc(CCNC(=O)C3Cc4cc5c(cc4CN3C(=O)N[C@H](C)c3ccccc3)OC(c3ccc(OCc4ccc(Cl)cc4Cl)cc3)CO5)cc2)c1C.O=CO. The van der Waals surface area contributed by atoms with Gasteiger partial charge in [-0.15, -0.1) is 0 Å². The van der Waals surface area contributed by atoms with E-state index in [0.717, 1.165) is 55.8 Å². The fraction of sp³-hybridized carbons (Fsp3) is 0.240. The minimum absolute atomic E-state index is 0.207. The first-order valence-corrected chi connectivity index (χ1v) is 21.4.